The van der Waals surface area contributed by atoms with Crippen molar-refractivity contribution < 1.29 is 9.53 Å². The first kappa shape index (κ1) is 15.7. The number of carbonyl (C=O) groups is 1. The van der Waals surface area contributed by atoms with Gasteiger partial charge in [0.1, 0.15) is 0 Å². The average molecular weight is 251 g/mol. The monoisotopic (exact) mass is 250 g/mol. The Labute approximate surface area is 104 Å². The lowest BCUT2D eigenvalue weighted by Crippen LogP contribution is -2.39. The Morgan fingerprint density at radius 3 is 2.81 bits per heavy atom. The molecule has 0 aromatic rings. The van der Waals surface area contributed by atoms with Crippen LogP contribution in [0.1, 0.15) is 19.8 Å². The highest BCUT2D eigenvalue weighted by molar-refractivity contribution is 5.85. The number of amides is 1. The third-order valence-electron chi connectivity index (χ3n) is 2.81. The van der Waals surface area contributed by atoms with E-state index in [-0.39, 0.29) is 30.3 Å². The first-order valence-corrected chi connectivity index (χ1v) is 5.66. The Morgan fingerprint density at radius 1 is 1.62 bits per heavy atom. The molecule has 0 saturated carbocycles. The van der Waals surface area contributed by atoms with Gasteiger partial charge in [-0.15, -0.1) is 12.4 Å². The third kappa shape index (κ3) is 4.68. The first-order valence-electron chi connectivity index (χ1n) is 5.66. The zero-order valence-electron chi connectivity index (χ0n) is 10.4. The number of rotatable bonds is 5. The van der Waals surface area contributed by atoms with Crippen molar-refractivity contribution in [2.45, 2.75) is 25.9 Å². The van der Waals surface area contributed by atoms with Gasteiger partial charge in [0.25, 0.3) is 0 Å². The molecule has 1 fully saturated rings. The molecular weight excluding hydrogens is 228 g/mol. The maximum atomic E-state index is 11.9. The molecule has 1 N–H and O–H groups in total. The van der Waals surface area contributed by atoms with E-state index in [9.17, 15) is 4.79 Å². The highest BCUT2D eigenvalue weighted by Gasteiger charge is 2.22. The summed E-state index contributed by atoms with van der Waals surface area (Å²) in [4.78, 5) is 13.6. The molecule has 1 saturated heterocycles. The van der Waals surface area contributed by atoms with E-state index in [0.717, 1.165) is 32.5 Å². The maximum absolute atomic E-state index is 11.9. The van der Waals surface area contributed by atoms with Crippen LogP contribution in [0.15, 0.2) is 0 Å². The standard InChI is InChI=1S/C11H22N2O2.ClH/c1-9(7-12-2)11(14)13(3)8-10-5-4-6-15-10;/h9-10,12H,4-8H2,1-3H3;1H. The molecule has 2 atom stereocenters. The number of halogens is 1. The lowest BCUT2D eigenvalue weighted by atomic mass is 10.1. The van der Waals surface area contributed by atoms with Crippen LogP contribution in [0.3, 0.4) is 0 Å². The second kappa shape index (κ2) is 7.87. The van der Waals surface area contributed by atoms with Crippen molar-refractivity contribution in [3.63, 3.8) is 0 Å². The molecular formula is C11H23ClN2O2. The molecule has 0 bridgehead atoms. The number of hydrogen-bond donors (Lipinski definition) is 1. The number of nitrogens with one attached hydrogen (secondary N) is 1. The van der Waals surface area contributed by atoms with Crippen LogP contribution in [0.2, 0.25) is 0 Å². The van der Waals surface area contributed by atoms with E-state index in [1.165, 1.54) is 0 Å². The number of hydrogen-bond acceptors (Lipinski definition) is 3. The summed E-state index contributed by atoms with van der Waals surface area (Å²) in [5.41, 5.74) is 0. The van der Waals surface area contributed by atoms with Gasteiger partial charge in [-0.1, -0.05) is 6.92 Å². The highest BCUT2D eigenvalue weighted by Crippen LogP contribution is 2.13. The lowest BCUT2D eigenvalue weighted by Gasteiger charge is -2.23. The van der Waals surface area contributed by atoms with Crippen LogP contribution < -0.4 is 5.32 Å². The first-order chi connectivity index (χ1) is 7.15. The summed E-state index contributed by atoms with van der Waals surface area (Å²) in [6.07, 6.45) is 2.46. The van der Waals surface area contributed by atoms with E-state index in [2.05, 4.69) is 5.32 Å². The molecule has 0 radical (unpaired) electrons. The van der Waals surface area contributed by atoms with Crippen molar-refractivity contribution in [1.82, 2.24) is 10.2 Å². The Kier molecular flexibility index (Phi) is 7.72. The van der Waals surface area contributed by atoms with E-state index in [0.29, 0.717) is 0 Å². The van der Waals surface area contributed by atoms with Gasteiger partial charge in [-0.3, -0.25) is 4.79 Å². The molecule has 96 valence electrons. The normalized spacial score (nSPS) is 21.3. The lowest BCUT2D eigenvalue weighted by molar-refractivity contribution is -0.134. The van der Waals surface area contributed by atoms with Crippen molar-refractivity contribution >= 4 is 18.3 Å². The summed E-state index contributed by atoms with van der Waals surface area (Å²) < 4.78 is 5.50. The number of likely N-dealkylation sites (N-methyl/N-ethyl adjacent to an activating group) is 1. The van der Waals surface area contributed by atoms with Crippen LogP contribution in [-0.2, 0) is 9.53 Å². The predicted molar refractivity (Wildman–Crippen MR) is 66.9 cm³/mol. The van der Waals surface area contributed by atoms with Crippen LogP contribution in [0.5, 0.6) is 0 Å². The fraction of sp³-hybridized carbons (Fsp3) is 0.909. The van der Waals surface area contributed by atoms with Crippen molar-refractivity contribution in [3.8, 4) is 0 Å². The Balaban J connectivity index is 0.00000225. The topological polar surface area (TPSA) is 41.6 Å². The maximum Gasteiger partial charge on any atom is 0.226 e. The minimum Gasteiger partial charge on any atom is -0.376 e. The zero-order valence-corrected chi connectivity index (χ0v) is 11.2. The zero-order chi connectivity index (χ0) is 11.3. The van der Waals surface area contributed by atoms with Gasteiger partial charge >= 0.3 is 0 Å². The van der Waals surface area contributed by atoms with Crippen molar-refractivity contribution in [3.05, 3.63) is 0 Å². The van der Waals surface area contributed by atoms with Gasteiger partial charge in [-0.25, -0.2) is 0 Å². The summed E-state index contributed by atoms with van der Waals surface area (Å²) >= 11 is 0. The van der Waals surface area contributed by atoms with Gasteiger partial charge in [-0.05, 0) is 19.9 Å². The summed E-state index contributed by atoms with van der Waals surface area (Å²) in [6.45, 7) is 4.26. The van der Waals surface area contributed by atoms with Gasteiger partial charge < -0.3 is 15.0 Å². The number of carbonyl (C=O) groups excluding carboxylic acids is 1. The fourth-order valence-corrected chi connectivity index (χ4v) is 1.95. The van der Waals surface area contributed by atoms with Crippen molar-refractivity contribution in [2.24, 2.45) is 5.92 Å². The second-order valence-electron chi connectivity index (χ2n) is 4.31. The molecule has 0 spiro atoms. The Hall–Kier alpha value is -0.320. The number of nitrogens with zero attached hydrogens (tertiary/aromatic N) is 1. The van der Waals surface area contributed by atoms with Crippen LogP contribution in [-0.4, -0.2) is 50.7 Å². The minimum absolute atomic E-state index is 0. The molecule has 0 aromatic carbocycles. The van der Waals surface area contributed by atoms with E-state index < -0.39 is 0 Å². The quantitative estimate of drug-likeness (QED) is 0.789. The van der Waals surface area contributed by atoms with E-state index in [1.807, 2.05) is 21.0 Å². The smallest absolute Gasteiger partial charge is 0.226 e. The molecule has 1 heterocycles. The van der Waals surface area contributed by atoms with Crippen LogP contribution in [0.4, 0.5) is 0 Å². The van der Waals surface area contributed by atoms with Crippen LogP contribution >= 0.6 is 12.4 Å². The average Bonchev–Trinajstić information content (AvgIpc) is 2.69. The summed E-state index contributed by atoms with van der Waals surface area (Å²) in [7, 11) is 3.72. The summed E-state index contributed by atoms with van der Waals surface area (Å²) in [5.74, 6) is 0.237. The van der Waals surface area contributed by atoms with Crippen LogP contribution in [0, 0.1) is 5.92 Å². The molecule has 0 aromatic heterocycles. The molecule has 1 aliphatic rings. The fourth-order valence-electron chi connectivity index (χ4n) is 1.95. The van der Waals surface area contributed by atoms with Crippen molar-refractivity contribution in [2.75, 3.05) is 33.8 Å². The molecule has 1 amide bonds. The molecule has 0 aliphatic carbocycles. The summed E-state index contributed by atoms with van der Waals surface area (Å²) in [6, 6.07) is 0. The van der Waals surface area contributed by atoms with Gasteiger partial charge in [0.2, 0.25) is 5.91 Å². The Morgan fingerprint density at radius 2 is 2.31 bits per heavy atom. The van der Waals surface area contributed by atoms with Crippen LogP contribution in [0.25, 0.3) is 0 Å². The molecule has 1 aliphatic heterocycles. The minimum atomic E-state index is 0. The van der Waals surface area contributed by atoms with E-state index in [4.69, 9.17) is 4.74 Å². The van der Waals surface area contributed by atoms with Crippen molar-refractivity contribution in [1.29, 1.82) is 0 Å². The Bertz CT molecular complexity index is 208. The largest absolute Gasteiger partial charge is 0.376 e. The van der Waals surface area contributed by atoms with Gasteiger partial charge in [-0.2, -0.15) is 0 Å². The molecule has 2 unspecified atom stereocenters. The molecule has 1 rings (SSSR count). The van der Waals surface area contributed by atoms with E-state index in [1.54, 1.807) is 4.90 Å². The number of ether oxygens (including phenoxy) is 1. The molecule has 16 heavy (non-hydrogen) atoms. The third-order valence-corrected chi connectivity index (χ3v) is 2.81. The van der Waals surface area contributed by atoms with E-state index >= 15 is 0 Å². The second-order valence-corrected chi connectivity index (χ2v) is 4.31. The predicted octanol–water partition coefficient (Wildman–Crippen LogP) is 0.901. The SMILES string of the molecule is CNCC(C)C(=O)N(C)CC1CCCO1.Cl. The molecule has 5 heteroatoms. The van der Waals surface area contributed by atoms with Gasteiger partial charge in [0.15, 0.2) is 0 Å². The summed E-state index contributed by atoms with van der Waals surface area (Å²) in [5, 5.41) is 3.02. The highest BCUT2D eigenvalue weighted by atomic mass is 35.5. The van der Waals surface area contributed by atoms with Gasteiger partial charge in [0.05, 0.1) is 6.10 Å². The molecule has 4 nitrogen and oxygen atoms in total. The van der Waals surface area contributed by atoms with Gasteiger partial charge in [0, 0.05) is 32.7 Å².